The third kappa shape index (κ3) is 4.32. The van der Waals surface area contributed by atoms with Crippen LogP contribution < -0.4 is 20.1 Å². The molecule has 182 valence electrons. The van der Waals surface area contributed by atoms with Crippen LogP contribution in [0.25, 0.3) is 16.7 Å². The summed E-state index contributed by atoms with van der Waals surface area (Å²) in [6.07, 6.45) is 6.43. The van der Waals surface area contributed by atoms with Crippen molar-refractivity contribution in [3.63, 3.8) is 0 Å². The molecule has 0 spiro atoms. The smallest absolute Gasteiger partial charge is 0.328 e. The Hall–Kier alpha value is -4.84. The number of carbonyl (C=O) groups excluding carboxylic acids is 3. The number of urea groups is 1. The summed E-state index contributed by atoms with van der Waals surface area (Å²) < 4.78 is 18.4. The fourth-order valence-corrected chi connectivity index (χ4v) is 3.73. The highest BCUT2D eigenvalue weighted by molar-refractivity contribution is 6.21. The number of hydrogen-bond donors (Lipinski definition) is 2. The predicted molar refractivity (Wildman–Crippen MR) is 125 cm³/mol. The van der Waals surface area contributed by atoms with Gasteiger partial charge in [-0.05, 0) is 42.5 Å². The first-order chi connectivity index (χ1) is 17.5. The number of carbonyl (C=O) groups is 3. The Morgan fingerprint density at radius 3 is 2.33 bits per heavy atom. The number of benzene rings is 2. The minimum absolute atomic E-state index is 0.0616. The number of methoxy groups -OCH3 is 1. The SMILES string of the molecule is COCCC1(Oc2ccc(Oc3ccc4c(cnn4-c4cnccn4)c3)cc2)C(=O)NC(=O)NC1=O. The van der Waals surface area contributed by atoms with E-state index in [4.69, 9.17) is 14.2 Å². The fraction of sp³-hybridized carbons (Fsp3) is 0.167. The molecule has 12 nitrogen and oxygen atoms in total. The van der Waals surface area contributed by atoms with Crippen molar-refractivity contribution in [2.45, 2.75) is 12.0 Å². The van der Waals surface area contributed by atoms with Crippen molar-refractivity contribution in [3.8, 4) is 23.1 Å². The summed E-state index contributed by atoms with van der Waals surface area (Å²) >= 11 is 0. The second kappa shape index (κ2) is 9.43. The average Bonchev–Trinajstić information content (AvgIpc) is 3.30. The van der Waals surface area contributed by atoms with Crippen LogP contribution in [-0.2, 0) is 14.3 Å². The van der Waals surface area contributed by atoms with E-state index in [0.29, 0.717) is 17.3 Å². The average molecular weight is 488 g/mol. The van der Waals surface area contributed by atoms with E-state index in [1.165, 1.54) is 7.11 Å². The van der Waals surface area contributed by atoms with Crippen molar-refractivity contribution in [1.82, 2.24) is 30.4 Å². The number of nitrogens with one attached hydrogen (secondary N) is 2. The van der Waals surface area contributed by atoms with Crippen LogP contribution in [0, 0.1) is 0 Å². The van der Waals surface area contributed by atoms with Gasteiger partial charge in [-0.2, -0.15) is 5.10 Å². The molecule has 0 saturated carbocycles. The molecule has 12 heteroatoms. The van der Waals surface area contributed by atoms with Crippen LogP contribution in [0.3, 0.4) is 0 Å². The molecule has 1 aliphatic rings. The largest absolute Gasteiger partial charge is 0.467 e. The number of amides is 4. The second-order valence-electron chi connectivity index (χ2n) is 7.82. The highest BCUT2D eigenvalue weighted by Gasteiger charge is 2.52. The van der Waals surface area contributed by atoms with Crippen LogP contribution in [0.15, 0.2) is 67.3 Å². The fourth-order valence-electron chi connectivity index (χ4n) is 3.73. The quantitative estimate of drug-likeness (QED) is 0.356. The maximum atomic E-state index is 12.5. The van der Waals surface area contributed by atoms with Crippen LogP contribution in [0.1, 0.15) is 6.42 Å². The Bertz CT molecular complexity index is 1420. The molecule has 1 saturated heterocycles. The number of barbiturate groups is 1. The zero-order chi connectivity index (χ0) is 25.1. The molecule has 3 heterocycles. The first-order valence-corrected chi connectivity index (χ1v) is 10.9. The Balaban J connectivity index is 1.33. The zero-order valence-electron chi connectivity index (χ0n) is 19.0. The van der Waals surface area contributed by atoms with Gasteiger partial charge in [-0.15, -0.1) is 0 Å². The number of aromatic nitrogens is 4. The van der Waals surface area contributed by atoms with E-state index in [9.17, 15) is 14.4 Å². The van der Waals surface area contributed by atoms with Gasteiger partial charge in [0.2, 0.25) is 0 Å². The lowest BCUT2D eigenvalue weighted by atomic mass is 9.95. The van der Waals surface area contributed by atoms with Crippen molar-refractivity contribution < 1.29 is 28.6 Å². The first-order valence-electron chi connectivity index (χ1n) is 10.9. The highest BCUT2D eigenvalue weighted by Crippen LogP contribution is 2.30. The number of nitrogens with zero attached hydrogens (tertiary/aromatic N) is 4. The summed E-state index contributed by atoms with van der Waals surface area (Å²) in [6, 6.07) is 11.0. The number of fused-ring (bicyclic) bond motifs is 1. The first kappa shape index (κ1) is 22.9. The molecule has 4 aromatic rings. The molecule has 0 bridgehead atoms. The molecule has 1 fully saturated rings. The Labute approximate surface area is 204 Å². The van der Waals surface area contributed by atoms with E-state index in [1.54, 1.807) is 59.8 Å². The van der Waals surface area contributed by atoms with Gasteiger partial charge >= 0.3 is 6.03 Å². The van der Waals surface area contributed by atoms with Gasteiger partial charge in [0.25, 0.3) is 17.4 Å². The molecule has 2 aromatic carbocycles. The van der Waals surface area contributed by atoms with Crippen molar-refractivity contribution in [2.24, 2.45) is 0 Å². The lowest BCUT2D eigenvalue weighted by Gasteiger charge is -2.34. The summed E-state index contributed by atoms with van der Waals surface area (Å²) in [6.45, 7) is 0.0616. The zero-order valence-corrected chi connectivity index (χ0v) is 19.0. The topological polar surface area (TPSA) is 147 Å². The Kier molecular flexibility index (Phi) is 6.00. The van der Waals surface area contributed by atoms with E-state index in [-0.39, 0.29) is 18.8 Å². The second-order valence-corrected chi connectivity index (χ2v) is 7.82. The molecular weight excluding hydrogens is 468 g/mol. The molecule has 2 aromatic heterocycles. The van der Waals surface area contributed by atoms with E-state index >= 15 is 0 Å². The molecule has 36 heavy (non-hydrogen) atoms. The van der Waals surface area contributed by atoms with E-state index in [0.717, 1.165) is 10.9 Å². The summed E-state index contributed by atoms with van der Waals surface area (Å²) in [5, 5.41) is 9.36. The minimum atomic E-state index is -1.94. The number of hydrogen-bond acceptors (Lipinski definition) is 9. The maximum absolute atomic E-state index is 12.5. The molecule has 5 rings (SSSR count). The van der Waals surface area contributed by atoms with E-state index in [2.05, 4.69) is 25.7 Å². The van der Waals surface area contributed by atoms with E-state index < -0.39 is 23.4 Å². The summed E-state index contributed by atoms with van der Waals surface area (Å²) in [5.41, 5.74) is -1.10. The third-order valence-corrected chi connectivity index (χ3v) is 5.50. The molecule has 1 aliphatic heterocycles. The molecule has 0 radical (unpaired) electrons. The van der Waals surface area contributed by atoms with Gasteiger partial charge in [-0.25, -0.2) is 14.5 Å². The molecule has 4 amide bonds. The lowest BCUT2D eigenvalue weighted by Crippen LogP contribution is -2.69. The van der Waals surface area contributed by atoms with Gasteiger partial charge in [0.15, 0.2) is 5.82 Å². The predicted octanol–water partition coefficient (Wildman–Crippen LogP) is 2.13. The van der Waals surface area contributed by atoms with Crippen molar-refractivity contribution in [2.75, 3.05) is 13.7 Å². The van der Waals surface area contributed by atoms with Gasteiger partial charge < -0.3 is 14.2 Å². The van der Waals surface area contributed by atoms with Crippen LogP contribution in [0.2, 0.25) is 0 Å². The van der Waals surface area contributed by atoms with Crippen molar-refractivity contribution in [1.29, 1.82) is 0 Å². The summed E-state index contributed by atoms with van der Waals surface area (Å²) in [4.78, 5) is 44.9. The molecular formula is C24H20N6O6. The van der Waals surface area contributed by atoms with Gasteiger partial charge in [0.1, 0.15) is 17.2 Å². The Morgan fingerprint density at radius 2 is 1.64 bits per heavy atom. The minimum Gasteiger partial charge on any atom is -0.467 e. The lowest BCUT2D eigenvalue weighted by molar-refractivity contribution is -0.153. The molecule has 0 unspecified atom stereocenters. The van der Waals surface area contributed by atoms with Gasteiger partial charge in [-0.3, -0.25) is 25.2 Å². The van der Waals surface area contributed by atoms with Gasteiger partial charge in [0, 0.05) is 31.3 Å². The molecule has 2 N–H and O–H groups in total. The monoisotopic (exact) mass is 488 g/mol. The highest BCUT2D eigenvalue weighted by atomic mass is 16.5. The Morgan fingerprint density at radius 1 is 0.917 bits per heavy atom. The summed E-state index contributed by atoms with van der Waals surface area (Å²) in [7, 11) is 1.43. The number of ether oxygens (including phenoxy) is 3. The van der Waals surface area contributed by atoms with Crippen LogP contribution >= 0.6 is 0 Å². The molecule has 0 atom stereocenters. The third-order valence-electron chi connectivity index (χ3n) is 5.50. The van der Waals surface area contributed by atoms with Crippen LogP contribution in [-0.4, -0.2) is 56.9 Å². The number of imide groups is 2. The van der Waals surface area contributed by atoms with Crippen molar-refractivity contribution in [3.05, 3.63) is 67.3 Å². The summed E-state index contributed by atoms with van der Waals surface area (Å²) in [5.74, 6) is 0.203. The van der Waals surface area contributed by atoms with Crippen LogP contribution in [0.4, 0.5) is 4.79 Å². The standard InChI is InChI=1S/C24H20N6O6/c1-34-11-8-24(21(31)28-23(33)29-22(24)32)36-17-4-2-16(3-5-17)35-18-6-7-19-15(12-18)13-27-30(19)20-14-25-9-10-26-20/h2-7,9-10,12-14H,8,11H2,1H3,(H2,28,29,31,32,33). The maximum Gasteiger partial charge on any atom is 0.328 e. The van der Waals surface area contributed by atoms with Gasteiger partial charge in [-0.1, -0.05) is 0 Å². The normalized spacial score (nSPS) is 14.9. The van der Waals surface area contributed by atoms with Gasteiger partial charge in [0.05, 0.1) is 24.5 Å². The van der Waals surface area contributed by atoms with Crippen molar-refractivity contribution >= 4 is 28.7 Å². The van der Waals surface area contributed by atoms with Crippen LogP contribution in [0.5, 0.6) is 17.2 Å². The van der Waals surface area contributed by atoms with E-state index in [1.807, 2.05) is 12.1 Å². The molecule has 0 aliphatic carbocycles. The number of rotatable bonds is 8.